The lowest BCUT2D eigenvalue weighted by Gasteiger charge is -2.23. The van der Waals surface area contributed by atoms with Crippen molar-refractivity contribution in [3.05, 3.63) is 17.5 Å². The fourth-order valence-electron chi connectivity index (χ4n) is 3.14. The zero-order valence-electron chi connectivity index (χ0n) is 11.2. The van der Waals surface area contributed by atoms with Crippen LogP contribution in [-0.4, -0.2) is 35.2 Å². The Balaban J connectivity index is 1.42. The van der Waals surface area contributed by atoms with E-state index in [0.29, 0.717) is 18.4 Å². The molecule has 0 bridgehead atoms. The van der Waals surface area contributed by atoms with Crippen molar-refractivity contribution in [3.8, 4) is 0 Å². The molecule has 3 rings (SSSR count). The third kappa shape index (κ3) is 3.15. The molecule has 1 aromatic rings. The highest BCUT2D eigenvalue weighted by molar-refractivity contribution is 5.76. The van der Waals surface area contributed by atoms with E-state index in [1.165, 1.54) is 17.7 Å². The molecule has 0 radical (unpaired) electrons. The van der Waals surface area contributed by atoms with E-state index in [9.17, 15) is 4.79 Å². The second kappa shape index (κ2) is 5.74. The molecule has 1 amide bonds. The van der Waals surface area contributed by atoms with Crippen LogP contribution in [0.15, 0.2) is 6.20 Å². The standard InChI is InChI=1S/C14H22N4O/c19-14(4-1-10-5-6-15-8-10)17-12-2-3-13-11(7-12)9-16-18-13/h9-10,12,15H,1-8H2,(H,16,18)(H,17,19). The number of hydrogen-bond acceptors (Lipinski definition) is 3. The number of carbonyl (C=O) groups excluding carboxylic acids is 1. The van der Waals surface area contributed by atoms with Gasteiger partial charge in [0.2, 0.25) is 5.91 Å². The van der Waals surface area contributed by atoms with Crippen molar-refractivity contribution in [3.63, 3.8) is 0 Å². The maximum atomic E-state index is 12.0. The topological polar surface area (TPSA) is 69.8 Å². The molecule has 1 aliphatic carbocycles. The average Bonchev–Trinajstić information content (AvgIpc) is 3.07. The Morgan fingerprint density at radius 3 is 3.26 bits per heavy atom. The molecule has 1 aromatic heterocycles. The summed E-state index contributed by atoms with van der Waals surface area (Å²) >= 11 is 0. The minimum Gasteiger partial charge on any atom is -0.353 e. The highest BCUT2D eigenvalue weighted by atomic mass is 16.1. The Morgan fingerprint density at radius 1 is 1.47 bits per heavy atom. The molecule has 2 atom stereocenters. The van der Waals surface area contributed by atoms with Gasteiger partial charge in [-0.1, -0.05) is 0 Å². The largest absolute Gasteiger partial charge is 0.353 e. The minimum atomic E-state index is 0.212. The summed E-state index contributed by atoms with van der Waals surface area (Å²) in [6.07, 6.45) is 7.72. The molecule has 2 unspecified atom stereocenters. The van der Waals surface area contributed by atoms with E-state index < -0.39 is 0 Å². The van der Waals surface area contributed by atoms with E-state index in [4.69, 9.17) is 0 Å². The monoisotopic (exact) mass is 262 g/mol. The Hall–Kier alpha value is -1.36. The van der Waals surface area contributed by atoms with Crippen molar-refractivity contribution < 1.29 is 4.79 Å². The summed E-state index contributed by atoms with van der Waals surface area (Å²) in [6.45, 7) is 2.19. The molecule has 3 N–H and O–H groups in total. The Bertz CT molecular complexity index is 436. The van der Waals surface area contributed by atoms with Gasteiger partial charge in [-0.05, 0) is 56.7 Å². The maximum Gasteiger partial charge on any atom is 0.220 e. The van der Waals surface area contributed by atoms with Crippen molar-refractivity contribution in [1.82, 2.24) is 20.8 Å². The van der Waals surface area contributed by atoms with Gasteiger partial charge in [-0.2, -0.15) is 5.10 Å². The van der Waals surface area contributed by atoms with Gasteiger partial charge in [0.05, 0.1) is 6.20 Å². The number of carbonyl (C=O) groups is 1. The summed E-state index contributed by atoms with van der Waals surface area (Å²) < 4.78 is 0. The summed E-state index contributed by atoms with van der Waals surface area (Å²) in [5.74, 6) is 0.904. The predicted octanol–water partition coefficient (Wildman–Crippen LogP) is 0.773. The first kappa shape index (κ1) is 12.7. The van der Waals surface area contributed by atoms with Gasteiger partial charge in [-0.25, -0.2) is 0 Å². The molecule has 5 heteroatoms. The number of rotatable bonds is 4. The third-order valence-corrected chi connectivity index (χ3v) is 4.32. The van der Waals surface area contributed by atoms with Crippen molar-refractivity contribution >= 4 is 5.91 Å². The zero-order valence-corrected chi connectivity index (χ0v) is 11.2. The number of aryl methyl sites for hydroxylation is 1. The summed E-state index contributed by atoms with van der Waals surface area (Å²) in [7, 11) is 0. The van der Waals surface area contributed by atoms with Gasteiger partial charge in [0.15, 0.2) is 0 Å². The molecule has 1 fully saturated rings. The first-order chi connectivity index (χ1) is 9.31. The molecule has 104 valence electrons. The van der Waals surface area contributed by atoms with E-state index in [-0.39, 0.29) is 5.91 Å². The normalized spacial score (nSPS) is 26.1. The fraction of sp³-hybridized carbons (Fsp3) is 0.714. The smallest absolute Gasteiger partial charge is 0.220 e. The van der Waals surface area contributed by atoms with Crippen molar-refractivity contribution in [1.29, 1.82) is 0 Å². The van der Waals surface area contributed by atoms with Gasteiger partial charge in [-0.3, -0.25) is 9.89 Å². The van der Waals surface area contributed by atoms with Crippen LogP contribution in [-0.2, 0) is 17.6 Å². The Kier molecular flexibility index (Phi) is 3.82. The lowest BCUT2D eigenvalue weighted by atomic mass is 9.93. The van der Waals surface area contributed by atoms with Crippen LogP contribution < -0.4 is 10.6 Å². The second-order valence-electron chi connectivity index (χ2n) is 5.78. The molecule has 0 saturated carbocycles. The lowest BCUT2D eigenvalue weighted by Crippen LogP contribution is -2.38. The van der Waals surface area contributed by atoms with Gasteiger partial charge >= 0.3 is 0 Å². The van der Waals surface area contributed by atoms with Crippen LogP contribution >= 0.6 is 0 Å². The van der Waals surface area contributed by atoms with E-state index in [0.717, 1.165) is 38.8 Å². The number of fused-ring (bicyclic) bond motifs is 1. The number of nitrogens with one attached hydrogen (secondary N) is 3. The molecule has 1 saturated heterocycles. The van der Waals surface area contributed by atoms with Crippen molar-refractivity contribution in [2.24, 2.45) is 5.92 Å². The lowest BCUT2D eigenvalue weighted by molar-refractivity contribution is -0.122. The minimum absolute atomic E-state index is 0.212. The van der Waals surface area contributed by atoms with E-state index in [1.807, 2.05) is 6.20 Å². The first-order valence-electron chi connectivity index (χ1n) is 7.32. The quantitative estimate of drug-likeness (QED) is 0.751. The molecule has 0 aromatic carbocycles. The maximum absolute atomic E-state index is 12.0. The Labute approximate surface area is 113 Å². The van der Waals surface area contributed by atoms with Gasteiger partial charge < -0.3 is 10.6 Å². The summed E-state index contributed by atoms with van der Waals surface area (Å²) in [5.41, 5.74) is 2.50. The molecule has 1 aliphatic heterocycles. The number of aromatic nitrogens is 2. The molecular formula is C14H22N4O. The van der Waals surface area contributed by atoms with Gasteiger partial charge in [0.1, 0.15) is 0 Å². The first-order valence-corrected chi connectivity index (χ1v) is 7.32. The van der Waals surface area contributed by atoms with Crippen LogP contribution in [0.1, 0.15) is 36.9 Å². The van der Waals surface area contributed by atoms with Crippen LogP contribution in [0.3, 0.4) is 0 Å². The summed E-state index contributed by atoms with van der Waals surface area (Å²) in [6, 6.07) is 0.291. The Morgan fingerprint density at radius 2 is 2.42 bits per heavy atom. The average molecular weight is 262 g/mol. The van der Waals surface area contributed by atoms with Crippen LogP contribution in [0.4, 0.5) is 0 Å². The second-order valence-corrected chi connectivity index (χ2v) is 5.78. The van der Waals surface area contributed by atoms with Gasteiger partial charge in [0, 0.05) is 18.2 Å². The highest BCUT2D eigenvalue weighted by Crippen LogP contribution is 2.19. The summed E-state index contributed by atoms with van der Waals surface area (Å²) in [4.78, 5) is 12.0. The third-order valence-electron chi connectivity index (χ3n) is 4.32. The molecule has 19 heavy (non-hydrogen) atoms. The number of H-pyrrole nitrogens is 1. The fourth-order valence-corrected chi connectivity index (χ4v) is 3.14. The van der Waals surface area contributed by atoms with Crippen LogP contribution in [0.25, 0.3) is 0 Å². The zero-order chi connectivity index (χ0) is 13.1. The molecule has 2 aliphatic rings. The van der Waals surface area contributed by atoms with E-state index in [1.54, 1.807) is 0 Å². The van der Waals surface area contributed by atoms with E-state index >= 15 is 0 Å². The van der Waals surface area contributed by atoms with Crippen LogP contribution in [0, 0.1) is 5.92 Å². The number of nitrogens with zero attached hydrogens (tertiary/aromatic N) is 1. The number of aromatic amines is 1. The summed E-state index contributed by atoms with van der Waals surface area (Å²) in [5, 5.41) is 13.6. The molecule has 0 spiro atoms. The highest BCUT2D eigenvalue weighted by Gasteiger charge is 2.22. The van der Waals surface area contributed by atoms with Crippen LogP contribution in [0.2, 0.25) is 0 Å². The predicted molar refractivity (Wildman–Crippen MR) is 72.8 cm³/mol. The number of hydrogen-bond donors (Lipinski definition) is 3. The van der Waals surface area contributed by atoms with Crippen molar-refractivity contribution in [2.75, 3.05) is 13.1 Å². The van der Waals surface area contributed by atoms with Gasteiger partial charge in [-0.15, -0.1) is 0 Å². The van der Waals surface area contributed by atoms with E-state index in [2.05, 4.69) is 20.8 Å². The molecule has 5 nitrogen and oxygen atoms in total. The van der Waals surface area contributed by atoms with Crippen molar-refractivity contribution in [2.45, 2.75) is 44.6 Å². The molecule has 2 heterocycles. The van der Waals surface area contributed by atoms with Crippen LogP contribution in [0.5, 0.6) is 0 Å². The SMILES string of the molecule is O=C(CCC1CCNC1)NC1CCc2[nH]ncc2C1. The number of amides is 1. The van der Waals surface area contributed by atoms with Gasteiger partial charge in [0.25, 0.3) is 0 Å². The molecular weight excluding hydrogens is 240 g/mol.